The first-order valence-electron chi connectivity index (χ1n) is 8.00. The molecular formula is C16H13F2N5O4S. The van der Waals surface area contributed by atoms with E-state index in [4.69, 9.17) is 5.26 Å². The van der Waals surface area contributed by atoms with Crippen LogP contribution in [0.3, 0.4) is 0 Å². The molecule has 1 aromatic heterocycles. The second kappa shape index (κ2) is 7.45. The van der Waals surface area contributed by atoms with E-state index in [1.165, 1.54) is 6.07 Å². The fraction of sp³-hybridized carbons (Fsp3) is 0.250. The SMILES string of the molecule is N#Cc1nc(N2CCN(S(=O)(=O)c3c(F)cccc3F)CC2)ccc1[N+](=O)[O-]. The molecule has 0 amide bonds. The second-order valence-electron chi connectivity index (χ2n) is 5.85. The van der Waals surface area contributed by atoms with Crippen LogP contribution in [0, 0.1) is 33.1 Å². The molecule has 1 saturated heterocycles. The number of pyridine rings is 1. The molecule has 0 saturated carbocycles. The van der Waals surface area contributed by atoms with Crippen molar-refractivity contribution in [3.8, 4) is 6.07 Å². The first-order valence-corrected chi connectivity index (χ1v) is 9.44. The van der Waals surface area contributed by atoms with Gasteiger partial charge in [0, 0.05) is 32.2 Å². The van der Waals surface area contributed by atoms with Gasteiger partial charge >= 0.3 is 5.69 Å². The number of hydrogen-bond acceptors (Lipinski definition) is 7. The van der Waals surface area contributed by atoms with Crippen molar-refractivity contribution in [3.05, 3.63) is 57.8 Å². The summed E-state index contributed by atoms with van der Waals surface area (Å²) < 4.78 is 53.9. The van der Waals surface area contributed by atoms with Gasteiger partial charge in [0.25, 0.3) is 0 Å². The predicted molar refractivity (Wildman–Crippen MR) is 92.9 cm³/mol. The molecule has 3 rings (SSSR count). The molecule has 146 valence electrons. The molecule has 2 heterocycles. The Morgan fingerprint density at radius 2 is 1.71 bits per heavy atom. The van der Waals surface area contributed by atoms with Crippen LogP contribution in [-0.2, 0) is 10.0 Å². The maximum Gasteiger partial charge on any atom is 0.305 e. The summed E-state index contributed by atoms with van der Waals surface area (Å²) in [7, 11) is -4.37. The molecule has 0 bridgehead atoms. The van der Waals surface area contributed by atoms with Crippen molar-refractivity contribution in [2.45, 2.75) is 4.90 Å². The Morgan fingerprint density at radius 3 is 2.25 bits per heavy atom. The number of hydrogen-bond donors (Lipinski definition) is 0. The summed E-state index contributed by atoms with van der Waals surface area (Å²) in [5, 5.41) is 19.9. The highest BCUT2D eigenvalue weighted by atomic mass is 32.2. The highest BCUT2D eigenvalue weighted by molar-refractivity contribution is 7.89. The first-order chi connectivity index (χ1) is 13.3. The summed E-state index contributed by atoms with van der Waals surface area (Å²) in [4.78, 5) is 14.7. The van der Waals surface area contributed by atoms with Gasteiger partial charge in [0.05, 0.1) is 4.92 Å². The van der Waals surface area contributed by atoms with E-state index in [9.17, 15) is 27.3 Å². The summed E-state index contributed by atoms with van der Waals surface area (Å²) in [6.07, 6.45) is 0. The number of aromatic nitrogens is 1. The molecule has 1 fully saturated rings. The lowest BCUT2D eigenvalue weighted by Crippen LogP contribution is -2.49. The Bertz CT molecular complexity index is 1060. The number of sulfonamides is 1. The lowest BCUT2D eigenvalue weighted by atomic mass is 10.3. The molecule has 0 radical (unpaired) electrons. The van der Waals surface area contributed by atoms with Crippen LogP contribution in [0.4, 0.5) is 20.3 Å². The zero-order valence-electron chi connectivity index (χ0n) is 14.2. The summed E-state index contributed by atoms with van der Waals surface area (Å²) in [6.45, 7) is 0.114. The number of nitriles is 1. The fourth-order valence-electron chi connectivity index (χ4n) is 2.86. The zero-order chi connectivity index (χ0) is 20.5. The van der Waals surface area contributed by atoms with Gasteiger partial charge in [0.2, 0.25) is 15.7 Å². The number of piperazine rings is 1. The van der Waals surface area contributed by atoms with Gasteiger partial charge < -0.3 is 4.90 Å². The Kier molecular flexibility index (Phi) is 5.21. The van der Waals surface area contributed by atoms with Crippen molar-refractivity contribution in [1.29, 1.82) is 5.26 Å². The Morgan fingerprint density at radius 1 is 1.11 bits per heavy atom. The Balaban J connectivity index is 1.80. The third-order valence-electron chi connectivity index (χ3n) is 4.24. The largest absolute Gasteiger partial charge is 0.354 e. The molecule has 0 atom stereocenters. The van der Waals surface area contributed by atoms with Gasteiger partial charge in [0.1, 0.15) is 23.5 Å². The van der Waals surface area contributed by atoms with Crippen LogP contribution in [0.25, 0.3) is 0 Å². The van der Waals surface area contributed by atoms with Crippen molar-refractivity contribution in [3.63, 3.8) is 0 Å². The second-order valence-corrected chi connectivity index (χ2v) is 7.72. The van der Waals surface area contributed by atoms with Crippen LogP contribution in [-0.4, -0.2) is 48.8 Å². The smallest absolute Gasteiger partial charge is 0.305 e. The Hall–Kier alpha value is -3.17. The average Bonchev–Trinajstić information content (AvgIpc) is 2.67. The number of nitrogens with zero attached hydrogens (tertiary/aromatic N) is 5. The fourth-order valence-corrected chi connectivity index (χ4v) is 4.39. The number of rotatable bonds is 4. The van der Waals surface area contributed by atoms with E-state index < -0.39 is 37.2 Å². The van der Waals surface area contributed by atoms with Crippen LogP contribution in [0.2, 0.25) is 0 Å². The molecule has 0 aliphatic carbocycles. The highest BCUT2D eigenvalue weighted by Gasteiger charge is 2.33. The lowest BCUT2D eigenvalue weighted by molar-refractivity contribution is -0.385. The monoisotopic (exact) mass is 409 g/mol. The van der Waals surface area contributed by atoms with Crippen molar-refractivity contribution in [1.82, 2.24) is 9.29 Å². The summed E-state index contributed by atoms with van der Waals surface area (Å²) in [5.74, 6) is -2.06. The quantitative estimate of drug-likeness (QED) is 0.556. The summed E-state index contributed by atoms with van der Waals surface area (Å²) in [5.41, 5.74) is -0.784. The number of anilines is 1. The molecule has 1 aromatic carbocycles. The van der Waals surface area contributed by atoms with Gasteiger partial charge in [-0.3, -0.25) is 10.1 Å². The highest BCUT2D eigenvalue weighted by Crippen LogP contribution is 2.26. The molecule has 12 heteroatoms. The van der Waals surface area contributed by atoms with Crippen molar-refractivity contribution < 1.29 is 22.1 Å². The van der Waals surface area contributed by atoms with E-state index >= 15 is 0 Å². The number of benzene rings is 1. The minimum atomic E-state index is -4.37. The molecule has 1 aliphatic rings. The maximum absolute atomic E-state index is 13.9. The van der Waals surface area contributed by atoms with E-state index in [1.807, 2.05) is 0 Å². The minimum absolute atomic E-state index is 0.0728. The molecule has 0 unspecified atom stereocenters. The summed E-state index contributed by atoms with van der Waals surface area (Å²) in [6, 6.07) is 6.99. The zero-order valence-corrected chi connectivity index (χ0v) is 15.1. The Labute approximate surface area is 158 Å². The van der Waals surface area contributed by atoms with Crippen LogP contribution >= 0.6 is 0 Å². The average molecular weight is 409 g/mol. The standard InChI is InChI=1S/C16H13F2N5O4S/c17-11-2-1-3-12(18)16(11)28(26,27)22-8-6-21(7-9-22)15-5-4-14(23(24)25)13(10-19)20-15/h1-5H,6-9H2. The van der Waals surface area contributed by atoms with E-state index in [0.717, 1.165) is 28.6 Å². The van der Waals surface area contributed by atoms with E-state index in [2.05, 4.69) is 4.98 Å². The van der Waals surface area contributed by atoms with Crippen LogP contribution in [0.15, 0.2) is 35.2 Å². The molecule has 0 spiro atoms. The van der Waals surface area contributed by atoms with Crippen LogP contribution in [0.1, 0.15) is 5.69 Å². The number of halogens is 2. The van der Waals surface area contributed by atoms with Gasteiger partial charge in [-0.15, -0.1) is 0 Å². The van der Waals surface area contributed by atoms with E-state index in [-0.39, 0.29) is 37.7 Å². The van der Waals surface area contributed by atoms with Gasteiger partial charge in [-0.1, -0.05) is 6.07 Å². The summed E-state index contributed by atoms with van der Waals surface area (Å²) >= 11 is 0. The van der Waals surface area contributed by atoms with Crippen LogP contribution < -0.4 is 4.90 Å². The van der Waals surface area contributed by atoms with Gasteiger partial charge in [-0.05, 0) is 18.2 Å². The van der Waals surface area contributed by atoms with E-state index in [0.29, 0.717) is 0 Å². The maximum atomic E-state index is 13.9. The lowest BCUT2D eigenvalue weighted by Gasteiger charge is -2.34. The molecule has 1 aliphatic heterocycles. The van der Waals surface area contributed by atoms with Crippen molar-refractivity contribution >= 4 is 21.5 Å². The normalized spacial score (nSPS) is 15.2. The molecular weight excluding hydrogens is 396 g/mol. The third kappa shape index (κ3) is 3.49. The number of nitro groups is 1. The predicted octanol–water partition coefficient (Wildman–Crippen LogP) is 1.65. The van der Waals surface area contributed by atoms with Gasteiger partial charge in [0.15, 0.2) is 4.90 Å². The molecule has 2 aromatic rings. The minimum Gasteiger partial charge on any atom is -0.354 e. The van der Waals surface area contributed by atoms with Gasteiger partial charge in [-0.2, -0.15) is 9.57 Å². The van der Waals surface area contributed by atoms with E-state index in [1.54, 1.807) is 11.0 Å². The molecule has 0 N–H and O–H groups in total. The molecule has 28 heavy (non-hydrogen) atoms. The van der Waals surface area contributed by atoms with Crippen molar-refractivity contribution in [2.75, 3.05) is 31.1 Å². The van der Waals surface area contributed by atoms with Gasteiger partial charge in [-0.25, -0.2) is 22.2 Å². The molecule has 9 nitrogen and oxygen atoms in total. The van der Waals surface area contributed by atoms with Crippen molar-refractivity contribution in [2.24, 2.45) is 0 Å². The first kappa shape index (κ1) is 19.6. The third-order valence-corrected chi connectivity index (χ3v) is 6.19. The topological polar surface area (TPSA) is 120 Å². The van der Waals surface area contributed by atoms with Crippen LogP contribution in [0.5, 0.6) is 0 Å².